The zero-order valence-electron chi connectivity index (χ0n) is 10.6. The van der Waals surface area contributed by atoms with Gasteiger partial charge in [-0.2, -0.15) is 0 Å². The number of carbonyl (C=O) groups is 2. The number of hydrogen-bond donors (Lipinski definition) is 0. The van der Waals surface area contributed by atoms with E-state index in [-0.39, 0.29) is 18.0 Å². The molecule has 0 amide bonds. The average molecular weight is 243 g/mol. The van der Waals surface area contributed by atoms with Gasteiger partial charge in [-0.3, -0.25) is 14.6 Å². The molecule has 94 valence electrons. The summed E-state index contributed by atoms with van der Waals surface area (Å²) in [5.41, 5.74) is 2.10. The Morgan fingerprint density at radius 3 is 2.56 bits per heavy atom. The molecule has 1 aromatic carbocycles. The summed E-state index contributed by atoms with van der Waals surface area (Å²) < 4.78 is 0. The number of ketones is 2. The van der Waals surface area contributed by atoms with Gasteiger partial charge in [0, 0.05) is 17.7 Å². The van der Waals surface area contributed by atoms with Gasteiger partial charge < -0.3 is 0 Å². The van der Waals surface area contributed by atoms with Gasteiger partial charge >= 0.3 is 0 Å². The molecule has 1 aliphatic rings. The van der Waals surface area contributed by atoms with Gasteiger partial charge in [-0.25, -0.2) is 0 Å². The molecule has 1 aromatic rings. The molecule has 0 aliphatic heterocycles. The molecule has 2 rings (SSSR count). The highest BCUT2D eigenvalue weighted by molar-refractivity contribution is 6.51. The predicted octanol–water partition coefficient (Wildman–Crippen LogP) is 2.82. The molecule has 0 bridgehead atoms. The van der Waals surface area contributed by atoms with Crippen LogP contribution in [-0.2, 0) is 4.79 Å². The molecule has 0 aromatic heterocycles. The summed E-state index contributed by atoms with van der Waals surface area (Å²) in [7, 11) is 0. The lowest BCUT2D eigenvalue weighted by Gasteiger charge is -2.15. The highest BCUT2D eigenvalue weighted by atomic mass is 16.2. The van der Waals surface area contributed by atoms with Crippen molar-refractivity contribution < 1.29 is 9.59 Å². The minimum absolute atomic E-state index is 0.155. The van der Waals surface area contributed by atoms with Gasteiger partial charge in [-0.1, -0.05) is 44.0 Å². The van der Waals surface area contributed by atoms with Gasteiger partial charge in [0.05, 0.1) is 12.1 Å². The van der Waals surface area contributed by atoms with Crippen LogP contribution in [0.25, 0.3) is 0 Å². The molecule has 3 heteroatoms. The fourth-order valence-corrected chi connectivity index (χ4v) is 2.13. The van der Waals surface area contributed by atoms with Crippen molar-refractivity contribution in [2.45, 2.75) is 32.6 Å². The number of unbranched alkanes of at least 4 members (excludes halogenated alkanes) is 2. The van der Waals surface area contributed by atoms with Crippen LogP contribution in [0.2, 0.25) is 0 Å². The molecule has 1 aliphatic carbocycles. The summed E-state index contributed by atoms with van der Waals surface area (Å²) in [4.78, 5) is 27.9. The fraction of sp³-hybridized carbons (Fsp3) is 0.400. The van der Waals surface area contributed by atoms with Gasteiger partial charge in [0.25, 0.3) is 0 Å². The molecule has 3 nitrogen and oxygen atoms in total. The normalized spacial score (nSPS) is 17.1. The number of nitrogens with zero attached hydrogens (tertiary/aromatic N) is 1. The summed E-state index contributed by atoms with van der Waals surface area (Å²) in [6, 6.07) is 7.24. The van der Waals surface area contributed by atoms with E-state index in [2.05, 4.69) is 11.9 Å². The Balaban J connectivity index is 2.25. The first-order valence-corrected chi connectivity index (χ1v) is 6.44. The quantitative estimate of drug-likeness (QED) is 0.603. The molecule has 0 saturated carbocycles. The van der Waals surface area contributed by atoms with Crippen LogP contribution in [0.5, 0.6) is 0 Å². The van der Waals surface area contributed by atoms with Crippen molar-refractivity contribution in [2.75, 3.05) is 6.54 Å². The maximum atomic E-state index is 11.7. The fourth-order valence-electron chi connectivity index (χ4n) is 2.13. The summed E-state index contributed by atoms with van der Waals surface area (Å²) in [5.74, 6) is -0.721. The highest BCUT2D eigenvalue weighted by Gasteiger charge is 2.28. The Hall–Kier alpha value is -1.77. The number of hydrogen-bond acceptors (Lipinski definition) is 3. The van der Waals surface area contributed by atoms with Crippen LogP contribution in [0.3, 0.4) is 0 Å². The van der Waals surface area contributed by atoms with Crippen molar-refractivity contribution in [3.63, 3.8) is 0 Å². The predicted molar refractivity (Wildman–Crippen MR) is 71.3 cm³/mol. The Morgan fingerprint density at radius 2 is 1.83 bits per heavy atom. The van der Waals surface area contributed by atoms with Crippen LogP contribution in [-0.4, -0.2) is 23.8 Å². The molecule has 0 spiro atoms. The molecule has 0 atom stereocenters. The molecule has 0 unspecified atom stereocenters. The van der Waals surface area contributed by atoms with E-state index in [1.807, 2.05) is 12.1 Å². The molecular formula is C15H17NO2. The van der Waals surface area contributed by atoms with Gasteiger partial charge in [0.1, 0.15) is 0 Å². The Kier molecular flexibility index (Phi) is 4.03. The first-order valence-electron chi connectivity index (χ1n) is 6.44. The summed E-state index contributed by atoms with van der Waals surface area (Å²) in [5, 5.41) is 0. The Morgan fingerprint density at radius 1 is 1.11 bits per heavy atom. The Bertz CT molecular complexity index is 503. The number of benzene rings is 1. The van der Waals surface area contributed by atoms with Crippen molar-refractivity contribution in [3.8, 4) is 0 Å². The van der Waals surface area contributed by atoms with E-state index < -0.39 is 0 Å². The number of aliphatic imine (C=N–C) groups is 1. The first-order chi connectivity index (χ1) is 8.74. The standard InChI is InChI=1S/C15H17NO2/c1-2-3-6-9-16-13-10-14(17)15(18)12-8-5-4-7-11(12)13/h4-5,7-8H,2-3,6,9-10H2,1H3. The van der Waals surface area contributed by atoms with E-state index in [0.717, 1.165) is 37.1 Å². The van der Waals surface area contributed by atoms with Crippen molar-refractivity contribution in [1.29, 1.82) is 0 Å². The number of fused-ring (bicyclic) bond motifs is 1. The van der Waals surface area contributed by atoms with Crippen molar-refractivity contribution >= 4 is 17.3 Å². The number of rotatable bonds is 4. The van der Waals surface area contributed by atoms with Crippen LogP contribution >= 0.6 is 0 Å². The third-order valence-electron chi connectivity index (χ3n) is 3.13. The topological polar surface area (TPSA) is 46.5 Å². The number of carbonyl (C=O) groups excluding carboxylic acids is 2. The minimum atomic E-state index is -0.377. The van der Waals surface area contributed by atoms with Gasteiger partial charge in [-0.05, 0) is 6.42 Å². The lowest BCUT2D eigenvalue weighted by Crippen LogP contribution is -2.27. The second-order valence-corrected chi connectivity index (χ2v) is 4.51. The molecule has 0 fully saturated rings. The third-order valence-corrected chi connectivity index (χ3v) is 3.13. The average Bonchev–Trinajstić information content (AvgIpc) is 2.40. The van der Waals surface area contributed by atoms with Gasteiger partial charge in [-0.15, -0.1) is 0 Å². The van der Waals surface area contributed by atoms with E-state index >= 15 is 0 Å². The third kappa shape index (κ3) is 2.55. The molecule has 0 radical (unpaired) electrons. The van der Waals surface area contributed by atoms with E-state index in [1.54, 1.807) is 12.1 Å². The molecule has 18 heavy (non-hydrogen) atoms. The maximum absolute atomic E-state index is 11.7. The molecule has 0 saturated heterocycles. The van der Waals surface area contributed by atoms with Crippen LogP contribution in [0.4, 0.5) is 0 Å². The molecule has 0 heterocycles. The summed E-state index contributed by atoms with van der Waals surface area (Å²) >= 11 is 0. The van der Waals surface area contributed by atoms with E-state index in [9.17, 15) is 9.59 Å². The van der Waals surface area contributed by atoms with Crippen LogP contribution < -0.4 is 0 Å². The molecular weight excluding hydrogens is 226 g/mol. The van der Waals surface area contributed by atoms with E-state index in [0.29, 0.717) is 5.56 Å². The largest absolute Gasteiger partial charge is 0.290 e. The van der Waals surface area contributed by atoms with E-state index in [1.165, 1.54) is 0 Å². The molecule has 0 N–H and O–H groups in total. The second kappa shape index (κ2) is 5.71. The monoisotopic (exact) mass is 243 g/mol. The van der Waals surface area contributed by atoms with Gasteiger partial charge in [0.15, 0.2) is 0 Å². The number of Topliss-reactive ketones (excluding diaryl/α,β-unsaturated/α-hetero) is 2. The lowest BCUT2D eigenvalue weighted by atomic mass is 9.88. The lowest BCUT2D eigenvalue weighted by molar-refractivity contribution is -0.114. The van der Waals surface area contributed by atoms with Crippen LogP contribution in [0.1, 0.15) is 48.5 Å². The zero-order chi connectivity index (χ0) is 13.0. The smallest absolute Gasteiger partial charge is 0.229 e. The first kappa shape index (κ1) is 12.7. The second-order valence-electron chi connectivity index (χ2n) is 4.51. The zero-order valence-corrected chi connectivity index (χ0v) is 10.6. The maximum Gasteiger partial charge on any atom is 0.229 e. The Labute approximate surface area is 107 Å². The van der Waals surface area contributed by atoms with Crippen LogP contribution in [0, 0.1) is 0 Å². The highest BCUT2D eigenvalue weighted by Crippen LogP contribution is 2.19. The van der Waals surface area contributed by atoms with Crippen molar-refractivity contribution in [3.05, 3.63) is 35.4 Å². The van der Waals surface area contributed by atoms with Crippen LogP contribution in [0.15, 0.2) is 29.3 Å². The SMILES string of the molecule is CCCCCN=C1CC(=O)C(=O)c2ccccc21. The van der Waals surface area contributed by atoms with Crippen molar-refractivity contribution in [2.24, 2.45) is 4.99 Å². The minimum Gasteiger partial charge on any atom is -0.290 e. The summed E-state index contributed by atoms with van der Waals surface area (Å²) in [6.45, 7) is 2.88. The summed E-state index contributed by atoms with van der Waals surface area (Å²) in [6.07, 6.45) is 3.48. The van der Waals surface area contributed by atoms with Gasteiger partial charge in [0.2, 0.25) is 11.6 Å². The van der Waals surface area contributed by atoms with E-state index in [4.69, 9.17) is 0 Å². The van der Waals surface area contributed by atoms with Crippen molar-refractivity contribution in [1.82, 2.24) is 0 Å².